The topological polar surface area (TPSA) is 87.0 Å². The fraction of sp³-hybridized carbons (Fsp3) is 0.893. The van der Waals surface area contributed by atoms with Crippen LogP contribution in [-0.4, -0.2) is 46.7 Å². The molecule has 5 heteroatoms. The van der Waals surface area contributed by atoms with E-state index in [4.69, 9.17) is 4.74 Å². The maximum atomic E-state index is 11.7. The van der Waals surface area contributed by atoms with Gasteiger partial charge in [0.05, 0.1) is 25.4 Å². The zero-order chi connectivity index (χ0) is 25.4. The van der Waals surface area contributed by atoms with E-state index in [1.165, 1.54) is 12.7 Å². The molecule has 1 rings (SSSR count). The molecule has 2 unspecified atom stereocenters. The number of ether oxygens (including phenoxy) is 1. The van der Waals surface area contributed by atoms with E-state index in [2.05, 4.69) is 34.6 Å². The summed E-state index contributed by atoms with van der Waals surface area (Å²) in [5.41, 5.74) is 1.11. The molecule has 194 valence electrons. The molecule has 0 fully saturated rings. The lowest BCUT2D eigenvalue weighted by Gasteiger charge is -2.41. The molecule has 0 aromatic heterocycles. The summed E-state index contributed by atoms with van der Waals surface area (Å²) in [6.07, 6.45) is 7.63. The quantitative estimate of drug-likeness (QED) is 0.213. The van der Waals surface area contributed by atoms with Crippen LogP contribution in [0.2, 0.25) is 0 Å². The number of rotatable bonds is 15. The fourth-order valence-corrected chi connectivity index (χ4v) is 5.49. The van der Waals surface area contributed by atoms with Crippen molar-refractivity contribution in [3.8, 4) is 0 Å². The summed E-state index contributed by atoms with van der Waals surface area (Å²) in [7, 11) is 1.42. The highest BCUT2D eigenvalue weighted by Crippen LogP contribution is 2.53. The molecular weight excluding hydrogens is 416 g/mol. The molecule has 0 aliphatic heterocycles. The summed E-state index contributed by atoms with van der Waals surface area (Å²) in [6, 6.07) is 0. The summed E-state index contributed by atoms with van der Waals surface area (Å²) in [4.78, 5) is 11.7. The van der Waals surface area contributed by atoms with Crippen LogP contribution < -0.4 is 0 Å². The van der Waals surface area contributed by atoms with Gasteiger partial charge in [-0.05, 0) is 80.0 Å². The first-order valence-corrected chi connectivity index (χ1v) is 13.1. The number of hydrogen-bond acceptors (Lipinski definition) is 5. The van der Waals surface area contributed by atoms with Crippen molar-refractivity contribution in [3.63, 3.8) is 0 Å². The van der Waals surface area contributed by atoms with Gasteiger partial charge in [-0.3, -0.25) is 4.79 Å². The highest BCUT2D eigenvalue weighted by atomic mass is 16.5. The first kappa shape index (κ1) is 30.1. The van der Waals surface area contributed by atoms with Crippen LogP contribution in [-0.2, 0) is 9.53 Å². The van der Waals surface area contributed by atoms with Crippen molar-refractivity contribution in [1.29, 1.82) is 0 Å². The highest BCUT2D eigenvalue weighted by Gasteiger charge is 2.48. The van der Waals surface area contributed by atoms with Crippen LogP contribution in [0.3, 0.4) is 0 Å². The van der Waals surface area contributed by atoms with Gasteiger partial charge in [0.2, 0.25) is 0 Å². The van der Waals surface area contributed by atoms with E-state index in [9.17, 15) is 20.1 Å². The Hall–Kier alpha value is -0.910. The number of aliphatic hydroxyl groups is 3. The molecule has 0 spiro atoms. The second kappa shape index (κ2) is 13.3. The maximum Gasteiger partial charge on any atom is 0.305 e. The first-order chi connectivity index (χ1) is 15.3. The minimum absolute atomic E-state index is 0.0275. The van der Waals surface area contributed by atoms with Crippen molar-refractivity contribution >= 4 is 5.97 Å². The van der Waals surface area contributed by atoms with Gasteiger partial charge in [-0.25, -0.2) is 0 Å². The van der Waals surface area contributed by atoms with Crippen molar-refractivity contribution in [2.75, 3.05) is 7.11 Å². The van der Waals surface area contributed by atoms with Gasteiger partial charge in [0, 0.05) is 6.42 Å². The molecule has 33 heavy (non-hydrogen) atoms. The molecule has 5 nitrogen and oxygen atoms in total. The number of methoxy groups -OCH3 is 1. The summed E-state index contributed by atoms with van der Waals surface area (Å²) in [5.74, 6) is 0.389. The molecule has 1 aliphatic rings. The predicted molar refractivity (Wildman–Crippen MR) is 135 cm³/mol. The van der Waals surface area contributed by atoms with Crippen LogP contribution in [0.4, 0.5) is 0 Å². The van der Waals surface area contributed by atoms with E-state index in [0.717, 1.165) is 32.1 Å². The summed E-state index contributed by atoms with van der Waals surface area (Å²) < 4.78 is 4.83. The Balaban J connectivity index is 3.02. The van der Waals surface area contributed by atoms with E-state index in [0.29, 0.717) is 31.6 Å². The Morgan fingerprint density at radius 3 is 2.27 bits per heavy atom. The third kappa shape index (κ3) is 8.36. The molecule has 0 amide bonds. The lowest BCUT2D eigenvalue weighted by molar-refractivity contribution is -0.140. The normalized spacial score (nSPS) is 27.1. The summed E-state index contributed by atoms with van der Waals surface area (Å²) >= 11 is 0. The Labute approximate surface area is 203 Å². The molecule has 0 radical (unpaired) electrons. The van der Waals surface area contributed by atoms with E-state index in [1.54, 1.807) is 0 Å². The van der Waals surface area contributed by atoms with Gasteiger partial charge in [-0.1, -0.05) is 60.1 Å². The minimum atomic E-state index is -0.574. The zero-order valence-electron chi connectivity index (χ0n) is 22.6. The summed E-state index contributed by atoms with van der Waals surface area (Å²) in [5, 5.41) is 31.5. The molecular formula is C28H52O5. The van der Waals surface area contributed by atoms with Crippen molar-refractivity contribution in [2.45, 2.75) is 125 Å². The van der Waals surface area contributed by atoms with Gasteiger partial charge in [0.25, 0.3) is 0 Å². The van der Waals surface area contributed by atoms with Gasteiger partial charge in [0.15, 0.2) is 0 Å². The zero-order valence-corrected chi connectivity index (χ0v) is 22.6. The molecule has 7 atom stereocenters. The number of aliphatic hydroxyl groups excluding tert-OH is 3. The molecule has 3 N–H and O–H groups in total. The number of carbonyl (C=O) groups is 1. The highest BCUT2D eigenvalue weighted by molar-refractivity contribution is 5.69. The smallest absolute Gasteiger partial charge is 0.305 e. The van der Waals surface area contributed by atoms with Crippen molar-refractivity contribution in [1.82, 2.24) is 0 Å². The molecule has 0 heterocycles. The third-order valence-electron chi connectivity index (χ3n) is 8.80. The van der Waals surface area contributed by atoms with Crippen LogP contribution in [0.15, 0.2) is 11.6 Å². The van der Waals surface area contributed by atoms with Crippen LogP contribution in [0.25, 0.3) is 0 Å². The summed E-state index contributed by atoms with van der Waals surface area (Å²) in [6.45, 7) is 15.3. The molecule has 0 saturated heterocycles. The first-order valence-electron chi connectivity index (χ1n) is 13.1. The van der Waals surface area contributed by atoms with E-state index < -0.39 is 12.2 Å². The molecule has 0 aromatic carbocycles. The van der Waals surface area contributed by atoms with Gasteiger partial charge < -0.3 is 20.1 Å². The van der Waals surface area contributed by atoms with Crippen LogP contribution >= 0.6 is 0 Å². The van der Waals surface area contributed by atoms with Crippen molar-refractivity contribution in [2.24, 2.45) is 28.6 Å². The standard InChI is InChI=1S/C28H52O5/c1-9-21(29)14-15-27(5,6)20(4)13-16-28(7)23(19(3)11-12-26(32)33-8)18-25(31)24(28)17-22(30)10-2/h18-22,24-25,29-31H,9-17H2,1-8H3/t19-,20?,21+,22-,24?,25+,28-/m1/s1. The largest absolute Gasteiger partial charge is 0.469 e. The number of hydrogen-bond donors (Lipinski definition) is 3. The van der Waals surface area contributed by atoms with E-state index >= 15 is 0 Å². The lowest BCUT2D eigenvalue weighted by Crippen LogP contribution is -2.36. The Morgan fingerprint density at radius 1 is 1.12 bits per heavy atom. The lowest BCUT2D eigenvalue weighted by atomic mass is 9.64. The Kier molecular flexibility index (Phi) is 12.1. The van der Waals surface area contributed by atoms with Crippen molar-refractivity contribution in [3.05, 3.63) is 11.6 Å². The Morgan fingerprint density at radius 2 is 1.73 bits per heavy atom. The second-order valence-corrected chi connectivity index (χ2v) is 11.5. The van der Waals surface area contributed by atoms with Crippen molar-refractivity contribution < 1.29 is 24.9 Å². The number of allylic oxidation sites excluding steroid dienone is 1. The second-order valence-electron chi connectivity index (χ2n) is 11.5. The Bertz CT molecular complexity index is 628. The van der Waals surface area contributed by atoms with Gasteiger partial charge >= 0.3 is 5.97 Å². The van der Waals surface area contributed by atoms with E-state index in [-0.39, 0.29) is 34.7 Å². The van der Waals surface area contributed by atoms with Crippen LogP contribution in [0, 0.1) is 28.6 Å². The van der Waals surface area contributed by atoms with Crippen LogP contribution in [0.5, 0.6) is 0 Å². The minimum Gasteiger partial charge on any atom is -0.469 e. The number of carbonyl (C=O) groups excluding carboxylic acids is 1. The average Bonchev–Trinajstić information content (AvgIpc) is 3.03. The van der Waals surface area contributed by atoms with Gasteiger partial charge in [-0.2, -0.15) is 0 Å². The monoisotopic (exact) mass is 468 g/mol. The number of esters is 1. The van der Waals surface area contributed by atoms with Gasteiger partial charge in [0.1, 0.15) is 0 Å². The molecule has 0 saturated carbocycles. The molecule has 1 aliphatic carbocycles. The van der Waals surface area contributed by atoms with Crippen LogP contribution in [0.1, 0.15) is 106 Å². The SMILES string of the molecule is CC[C@@H](O)CC1[C@@H](O)C=C([C@H](C)CCC(=O)OC)[C@@]1(C)CCC(C)C(C)(C)CC[C@@H](O)CC. The molecule has 0 aromatic rings. The fourth-order valence-electron chi connectivity index (χ4n) is 5.49. The maximum absolute atomic E-state index is 11.7. The molecule has 0 bridgehead atoms. The predicted octanol–water partition coefficient (Wildman–Crippen LogP) is 5.65. The van der Waals surface area contributed by atoms with E-state index in [1.807, 2.05) is 19.9 Å². The average molecular weight is 469 g/mol. The third-order valence-corrected chi connectivity index (χ3v) is 8.80. The van der Waals surface area contributed by atoms with Gasteiger partial charge in [-0.15, -0.1) is 0 Å².